The van der Waals surface area contributed by atoms with Gasteiger partial charge in [-0.15, -0.1) is 0 Å². The molecule has 0 aliphatic heterocycles. The van der Waals surface area contributed by atoms with Crippen LogP contribution in [0.1, 0.15) is 45.1 Å². The maximum absolute atomic E-state index is 10.9. The highest BCUT2D eigenvalue weighted by atomic mass is 16.5. The molecule has 0 saturated carbocycles. The second kappa shape index (κ2) is 8.70. The molecule has 1 aromatic rings. The molecule has 0 saturated heterocycles. The van der Waals surface area contributed by atoms with E-state index in [0.29, 0.717) is 6.61 Å². The molecule has 0 fully saturated rings. The molecule has 19 heavy (non-hydrogen) atoms. The van der Waals surface area contributed by atoms with Gasteiger partial charge in [-0.25, -0.2) is 0 Å². The van der Waals surface area contributed by atoms with Crippen LogP contribution in [0.25, 0.3) is 0 Å². The summed E-state index contributed by atoms with van der Waals surface area (Å²) in [7, 11) is 0. The number of unbranched alkanes of at least 4 members (excludes halogenated alkanes) is 1. The van der Waals surface area contributed by atoms with Gasteiger partial charge in [-0.05, 0) is 17.9 Å². The second-order valence-corrected chi connectivity index (χ2v) is 5.05. The van der Waals surface area contributed by atoms with Crippen LogP contribution in [0.3, 0.4) is 0 Å². The largest absolute Gasteiger partial charge is 0.481 e. The first-order chi connectivity index (χ1) is 9.13. The lowest BCUT2D eigenvalue weighted by atomic mass is 9.95. The SMILES string of the molecule is CCCC[C@H](C)[C@H](CC(=O)O)OCc1ccccc1. The van der Waals surface area contributed by atoms with Crippen molar-refractivity contribution in [2.75, 3.05) is 0 Å². The molecule has 106 valence electrons. The Labute approximate surface area is 115 Å². The predicted molar refractivity (Wildman–Crippen MR) is 76.0 cm³/mol. The first-order valence-electron chi connectivity index (χ1n) is 7.00. The van der Waals surface area contributed by atoms with Crippen molar-refractivity contribution in [1.82, 2.24) is 0 Å². The van der Waals surface area contributed by atoms with Crippen molar-refractivity contribution in [3.8, 4) is 0 Å². The van der Waals surface area contributed by atoms with Crippen LogP contribution in [0.2, 0.25) is 0 Å². The van der Waals surface area contributed by atoms with E-state index in [1.165, 1.54) is 0 Å². The van der Waals surface area contributed by atoms with Gasteiger partial charge >= 0.3 is 5.97 Å². The fourth-order valence-electron chi connectivity index (χ4n) is 2.09. The van der Waals surface area contributed by atoms with Crippen molar-refractivity contribution in [2.24, 2.45) is 5.92 Å². The summed E-state index contributed by atoms with van der Waals surface area (Å²) in [4.78, 5) is 10.9. The van der Waals surface area contributed by atoms with E-state index in [2.05, 4.69) is 13.8 Å². The van der Waals surface area contributed by atoms with E-state index in [4.69, 9.17) is 9.84 Å². The molecule has 0 amide bonds. The first-order valence-corrected chi connectivity index (χ1v) is 7.00. The van der Waals surface area contributed by atoms with Crippen LogP contribution in [0.4, 0.5) is 0 Å². The summed E-state index contributed by atoms with van der Waals surface area (Å²) >= 11 is 0. The molecule has 0 spiro atoms. The maximum Gasteiger partial charge on any atom is 0.305 e. The van der Waals surface area contributed by atoms with Gasteiger partial charge in [0.05, 0.1) is 19.1 Å². The Kier molecular flexibility index (Phi) is 7.19. The van der Waals surface area contributed by atoms with Crippen LogP contribution in [-0.2, 0) is 16.1 Å². The summed E-state index contributed by atoms with van der Waals surface area (Å²) in [6.07, 6.45) is 3.14. The summed E-state index contributed by atoms with van der Waals surface area (Å²) < 4.78 is 5.82. The Morgan fingerprint density at radius 1 is 1.32 bits per heavy atom. The van der Waals surface area contributed by atoms with Crippen molar-refractivity contribution in [2.45, 2.75) is 52.2 Å². The van der Waals surface area contributed by atoms with Crippen molar-refractivity contribution < 1.29 is 14.6 Å². The number of aliphatic carboxylic acids is 1. The van der Waals surface area contributed by atoms with Gasteiger partial charge in [-0.1, -0.05) is 57.0 Å². The highest BCUT2D eigenvalue weighted by molar-refractivity contribution is 5.67. The van der Waals surface area contributed by atoms with Gasteiger partial charge in [0, 0.05) is 0 Å². The number of carbonyl (C=O) groups is 1. The molecule has 3 heteroatoms. The summed E-state index contributed by atoms with van der Waals surface area (Å²) in [6.45, 7) is 4.70. The Bertz CT molecular complexity index is 362. The molecule has 0 aromatic heterocycles. The van der Waals surface area contributed by atoms with Crippen molar-refractivity contribution >= 4 is 5.97 Å². The minimum atomic E-state index is -0.790. The van der Waals surface area contributed by atoms with Gasteiger partial charge in [0.2, 0.25) is 0 Å². The predicted octanol–water partition coefficient (Wildman–Crippen LogP) is 3.87. The van der Waals surface area contributed by atoms with E-state index in [0.717, 1.165) is 24.8 Å². The molecule has 0 heterocycles. The van der Waals surface area contributed by atoms with Gasteiger partial charge in [0.25, 0.3) is 0 Å². The van der Waals surface area contributed by atoms with Crippen molar-refractivity contribution in [1.29, 1.82) is 0 Å². The fraction of sp³-hybridized carbons (Fsp3) is 0.562. The Morgan fingerprint density at radius 3 is 2.58 bits per heavy atom. The molecule has 2 atom stereocenters. The van der Waals surface area contributed by atoms with Crippen LogP contribution in [0.5, 0.6) is 0 Å². The van der Waals surface area contributed by atoms with Crippen LogP contribution in [0, 0.1) is 5.92 Å². The molecular formula is C16H24O3. The van der Waals surface area contributed by atoms with E-state index in [1.54, 1.807) is 0 Å². The Morgan fingerprint density at radius 2 is 2.00 bits per heavy atom. The summed E-state index contributed by atoms with van der Waals surface area (Å²) in [6, 6.07) is 9.88. The lowest BCUT2D eigenvalue weighted by Gasteiger charge is -2.23. The second-order valence-electron chi connectivity index (χ2n) is 5.05. The normalized spacial score (nSPS) is 14.0. The number of carboxylic acid groups (broad SMARTS) is 1. The van der Waals surface area contributed by atoms with E-state index in [-0.39, 0.29) is 18.4 Å². The van der Waals surface area contributed by atoms with E-state index >= 15 is 0 Å². The molecule has 0 aliphatic rings. The summed E-state index contributed by atoms with van der Waals surface area (Å²) in [5.74, 6) is -0.513. The van der Waals surface area contributed by atoms with Gasteiger partial charge in [-0.3, -0.25) is 4.79 Å². The molecule has 0 unspecified atom stereocenters. The molecule has 1 N–H and O–H groups in total. The van der Waals surface area contributed by atoms with Gasteiger partial charge in [0.15, 0.2) is 0 Å². The topological polar surface area (TPSA) is 46.5 Å². The number of rotatable bonds is 9. The minimum absolute atomic E-state index is 0.0811. The number of benzene rings is 1. The van der Waals surface area contributed by atoms with E-state index < -0.39 is 5.97 Å². The van der Waals surface area contributed by atoms with Crippen LogP contribution < -0.4 is 0 Å². The van der Waals surface area contributed by atoms with Crippen LogP contribution in [-0.4, -0.2) is 17.2 Å². The molecule has 0 aliphatic carbocycles. The standard InChI is InChI=1S/C16H24O3/c1-3-4-8-13(2)15(11-16(17)18)19-12-14-9-6-5-7-10-14/h5-7,9-10,13,15H,3-4,8,11-12H2,1-2H3,(H,17,18)/t13-,15-/m0/s1. The highest BCUT2D eigenvalue weighted by Crippen LogP contribution is 2.19. The number of hydrogen-bond donors (Lipinski definition) is 1. The highest BCUT2D eigenvalue weighted by Gasteiger charge is 2.20. The minimum Gasteiger partial charge on any atom is -0.481 e. The number of ether oxygens (including phenoxy) is 1. The molecule has 0 bridgehead atoms. The van der Waals surface area contributed by atoms with Crippen molar-refractivity contribution in [3.63, 3.8) is 0 Å². The lowest BCUT2D eigenvalue weighted by molar-refractivity contribution is -0.141. The quantitative estimate of drug-likeness (QED) is 0.736. The lowest BCUT2D eigenvalue weighted by Crippen LogP contribution is -2.25. The zero-order valence-corrected chi connectivity index (χ0v) is 11.8. The summed E-state index contributed by atoms with van der Waals surface area (Å²) in [5, 5.41) is 8.98. The molecule has 3 nitrogen and oxygen atoms in total. The van der Waals surface area contributed by atoms with Gasteiger partial charge < -0.3 is 9.84 Å². The smallest absolute Gasteiger partial charge is 0.305 e. The first kappa shape index (κ1) is 15.7. The van der Waals surface area contributed by atoms with Crippen LogP contribution in [0.15, 0.2) is 30.3 Å². The molecule has 0 radical (unpaired) electrons. The van der Waals surface area contributed by atoms with Gasteiger partial charge in [0.1, 0.15) is 0 Å². The molecule has 1 aromatic carbocycles. The fourth-order valence-corrected chi connectivity index (χ4v) is 2.09. The average molecular weight is 264 g/mol. The average Bonchev–Trinajstić information content (AvgIpc) is 2.41. The van der Waals surface area contributed by atoms with Gasteiger partial charge in [-0.2, -0.15) is 0 Å². The molecular weight excluding hydrogens is 240 g/mol. The van der Waals surface area contributed by atoms with Crippen LogP contribution >= 0.6 is 0 Å². The maximum atomic E-state index is 10.9. The van der Waals surface area contributed by atoms with E-state index in [1.807, 2.05) is 30.3 Å². The third-order valence-corrected chi connectivity index (χ3v) is 3.33. The zero-order chi connectivity index (χ0) is 14.1. The third kappa shape index (κ3) is 6.39. The Balaban J connectivity index is 2.51. The Hall–Kier alpha value is -1.35. The third-order valence-electron chi connectivity index (χ3n) is 3.33. The van der Waals surface area contributed by atoms with Crippen molar-refractivity contribution in [3.05, 3.63) is 35.9 Å². The zero-order valence-electron chi connectivity index (χ0n) is 11.8. The monoisotopic (exact) mass is 264 g/mol. The summed E-state index contributed by atoms with van der Waals surface area (Å²) in [5.41, 5.74) is 1.08. The molecule has 1 rings (SSSR count). The number of carboxylic acids is 1. The number of hydrogen-bond acceptors (Lipinski definition) is 2. The van der Waals surface area contributed by atoms with E-state index in [9.17, 15) is 4.79 Å².